The fourth-order valence-corrected chi connectivity index (χ4v) is 3.29. The molecule has 1 saturated heterocycles. The molecule has 25 heavy (non-hydrogen) atoms. The van der Waals surface area contributed by atoms with E-state index < -0.39 is 0 Å². The van der Waals surface area contributed by atoms with Crippen molar-refractivity contribution in [2.24, 2.45) is 0 Å². The maximum atomic E-state index is 5.95. The molecule has 6 heteroatoms. The molecule has 1 aliphatic heterocycles. The Morgan fingerprint density at radius 1 is 1.24 bits per heavy atom. The number of furan rings is 1. The van der Waals surface area contributed by atoms with Crippen molar-refractivity contribution in [2.45, 2.75) is 18.9 Å². The summed E-state index contributed by atoms with van der Waals surface area (Å²) in [6.45, 7) is 1.70. The normalized spacial score (nSPS) is 17.5. The molecule has 4 heterocycles. The Hall–Kier alpha value is -2.86. The number of aromatic nitrogens is 3. The topological polar surface area (TPSA) is 64.6 Å². The Morgan fingerprint density at radius 2 is 2.20 bits per heavy atom. The fourth-order valence-electron chi connectivity index (χ4n) is 3.29. The second-order valence-electron chi connectivity index (χ2n) is 6.34. The molecule has 126 valence electrons. The number of rotatable bonds is 4. The van der Waals surface area contributed by atoms with Gasteiger partial charge in [0, 0.05) is 17.5 Å². The lowest BCUT2D eigenvalue weighted by atomic mass is 10.2. The molecule has 6 nitrogen and oxygen atoms in total. The van der Waals surface area contributed by atoms with E-state index in [1.807, 2.05) is 42.5 Å². The third-order valence-corrected chi connectivity index (χ3v) is 4.61. The molecule has 0 amide bonds. The van der Waals surface area contributed by atoms with Crippen molar-refractivity contribution < 1.29 is 9.15 Å². The Bertz CT molecular complexity index is 997. The maximum absolute atomic E-state index is 5.95. The van der Waals surface area contributed by atoms with Crippen LogP contribution >= 0.6 is 0 Å². The number of imidazole rings is 1. The summed E-state index contributed by atoms with van der Waals surface area (Å²) in [5.41, 5.74) is 2.43. The summed E-state index contributed by atoms with van der Waals surface area (Å²) in [6, 6.07) is 14.1. The highest BCUT2D eigenvalue weighted by molar-refractivity contribution is 5.82. The van der Waals surface area contributed by atoms with Crippen molar-refractivity contribution >= 4 is 16.6 Å². The van der Waals surface area contributed by atoms with Crippen LogP contribution < -0.4 is 10.1 Å². The van der Waals surface area contributed by atoms with Gasteiger partial charge in [-0.3, -0.25) is 0 Å². The molecular weight excluding hydrogens is 316 g/mol. The molecule has 3 aromatic heterocycles. The standard InChI is InChI=1S/C19H18N4O2/c1-2-6-16-13(4-1)10-17(25-16)15-11-21-18-7-8-19(22-23(15)18)24-12-14-5-3-9-20-14/h1-2,4,6-8,10-11,14,20H,3,5,9,12H2/t14-/m1/s1. The number of hydrogen-bond acceptors (Lipinski definition) is 5. The summed E-state index contributed by atoms with van der Waals surface area (Å²) in [5.74, 6) is 1.34. The quantitative estimate of drug-likeness (QED) is 0.620. The largest absolute Gasteiger partial charge is 0.475 e. The van der Waals surface area contributed by atoms with Crippen LogP contribution in [0.25, 0.3) is 28.1 Å². The minimum atomic E-state index is 0.412. The number of ether oxygens (including phenoxy) is 1. The van der Waals surface area contributed by atoms with E-state index in [1.54, 1.807) is 10.7 Å². The Kier molecular flexibility index (Phi) is 3.41. The van der Waals surface area contributed by atoms with Gasteiger partial charge < -0.3 is 14.5 Å². The third kappa shape index (κ3) is 2.64. The first kappa shape index (κ1) is 14.5. The number of nitrogens with zero attached hydrogens (tertiary/aromatic N) is 3. The van der Waals surface area contributed by atoms with Crippen molar-refractivity contribution in [3.8, 4) is 17.3 Å². The van der Waals surface area contributed by atoms with Gasteiger partial charge in [-0.05, 0) is 37.6 Å². The highest BCUT2D eigenvalue weighted by Gasteiger charge is 2.16. The first-order valence-electron chi connectivity index (χ1n) is 8.57. The van der Waals surface area contributed by atoms with E-state index in [1.165, 1.54) is 6.42 Å². The maximum Gasteiger partial charge on any atom is 0.231 e. The number of fused-ring (bicyclic) bond motifs is 2. The van der Waals surface area contributed by atoms with E-state index >= 15 is 0 Å². The molecular formula is C19H18N4O2. The van der Waals surface area contributed by atoms with E-state index in [0.29, 0.717) is 18.5 Å². The first-order chi connectivity index (χ1) is 12.4. The average molecular weight is 334 g/mol. The van der Waals surface area contributed by atoms with Gasteiger partial charge in [-0.25, -0.2) is 9.50 Å². The zero-order valence-corrected chi connectivity index (χ0v) is 13.7. The monoisotopic (exact) mass is 334 g/mol. The summed E-state index contributed by atoms with van der Waals surface area (Å²) in [6.07, 6.45) is 4.14. The minimum Gasteiger partial charge on any atom is -0.475 e. The van der Waals surface area contributed by atoms with Gasteiger partial charge in [0.25, 0.3) is 0 Å². The average Bonchev–Trinajstić information content (AvgIpc) is 3.37. The van der Waals surface area contributed by atoms with Crippen LogP contribution in [0.2, 0.25) is 0 Å². The highest BCUT2D eigenvalue weighted by Crippen LogP contribution is 2.28. The smallest absolute Gasteiger partial charge is 0.231 e. The van der Waals surface area contributed by atoms with Gasteiger partial charge in [0.2, 0.25) is 5.88 Å². The highest BCUT2D eigenvalue weighted by atomic mass is 16.5. The van der Waals surface area contributed by atoms with E-state index in [9.17, 15) is 0 Å². The van der Waals surface area contributed by atoms with Gasteiger partial charge >= 0.3 is 0 Å². The van der Waals surface area contributed by atoms with Gasteiger partial charge in [0.15, 0.2) is 11.4 Å². The summed E-state index contributed by atoms with van der Waals surface area (Å²) in [7, 11) is 0. The third-order valence-electron chi connectivity index (χ3n) is 4.61. The number of hydrogen-bond donors (Lipinski definition) is 1. The summed E-state index contributed by atoms with van der Waals surface area (Å²) >= 11 is 0. The second-order valence-corrected chi connectivity index (χ2v) is 6.34. The Labute approximate surface area is 144 Å². The van der Waals surface area contributed by atoms with Crippen molar-refractivity contribution in [3.05, 3.63) is 48.7 Å². The van der Waals surface area contributed by atoms with E-state index in [2.05, 4.69) is 15.4 Å². The molecule has 0 spiro atoms. The number of benzene rings is 1. The van der Waals surface area contributed by atoms with Crippen LogP contribution in [0.3, 0.4) is 0 Å². The van der Waals surface area contributed by atoms with Gasteiger partial charge in [-0.1, -0.05) is 18.2 Å². The van der Waals surface area contributed by atoms with E-state index in [4.69, 9.17) is 9.15 Å². The van der Waals surface area contributed by atoms with E-state index in [0.717, 1.165) is 41.0 Å². The lowest BCUT2D eigenvalue weighted by Gasteiger charge is -2.11. The molecule has 0 saturated carbocycles. The van der Waals surface area contributed by atoms with Crippen LogP contribution in [0.5, 0.6) is 5.88 Å². The Morgan fingerprint density at radius 3 is 3.08 bits per heavy atom. The lowest BCUT2D eigenvalue weighted by Crippen LogP contribution is -2.28. The van der Waals surface area contributed by atoms with Gasteiger partial charge in [-0.15, -0.1) is 5.10 Å². The van der Waals surface area contributed by atoms with Crippen LogP contribution in [-0.2, 0) is 0 Å². The molecule has 0 unspecified atom stereocenters. The zero-order valence-electron chi connectivity index (χ0n) is 13.7. The summed E-state index contributed by atoms with van der Waals surface area (Å²) in [5, 5.41) is 9.07. The predicted octanol–water partition coefficient (Wildman–Crippen LogP) is 3.27. The van der Waals surface area contributed by atoms with Crippen molar-refractivity contribution in [1.82, 2.24) is 19.9 Å². The van der Waals surface area contributed by atoms with Gasteiger partial charge in [0.05, 0.1) is 6.20 Å². The molecule has 1 fully saturated rings. The molecule has 0 bridgehead atoms. The second kappa shape index (κ2) is 5.89. The van der Waals surface area contributed by atoms with Crippen molar-refractivity contribution in [3.63, 3.8) is 0 Å². The number of nitrogens with one attached hydrogen (secondary N) is 1. The van der Waals surface area contributed by atoms with Crippen molar-refractivity contribution in [1.29, 1.82) is 0 Å². The van der Waals surface area contributed by atoms with Crippen LogP contribution in [-0.4, -0.2) is 33.8 Å². The van der Waals surface area contributed by atoms with Crippen molar-refractivity contribution in [2.75, 3.05) is 13.2 Å². The van der Waals surface area contributed by atoms with Crippen LogP contribution in [0.15, 0.2) is 53.1 Å². The molecule has 0 radical (unpaired) electrons. The zero-order chi connectivity index (χ0) is 16.6. The molecule has 1 atom stereocenters. The summed E-state index contributed by atoms with van der Waals surface area (Å²) in [4.78, 5) is 4.42. The lowest BCUT2D eigenvalue weighted by molar-refractivity contribution is 0.264. The van der Waals surface area contributed by atoms with E-state index in [-0.39, 0.29) is 0 Å². The van der Waals surface area contributed by atoms with Crippen LogP contribution in [0, 0.1) is 0 Å². The van der Waals surface area contributed by atoms with Crippen LogP contribution in [0.1, 0.15) is 12.8 Å². The molecule has 0 aliphatic carbocycles. The van der Waals surface area contributed by atoms with Gasteiger partial charge in [0.1, 0.15) is 17.9 Å². The minimum absolute atomic E-state index is 0.412. The molecule has 1 aromatic carbocycles. The predicted molar refractivity (Wildman–Crippen MR) is 94.7 cm³/mol. The molecule has 1 aliphatic rings. The molecule has 4 aromatic rings. The summed E-state index contributed by atoms with van der Waals surface area (Å²) < 4.78 is 13.6. The van der Waals surface area contributed by atoms with Gasteiger partial charge in [-0.2, -0.15) is 0 Å². The van der Waals surface area contributed by atoms with Crippen LogP contribution in [0.4, 0.5) is 0 Å². The SMILES string of the molecule is c1ccc2oc(-c3cnc4ccc(OC[C@H]5CCCN5)nn34)cc2c1. The first-order valence-corrected chi connectivity index (χ1v) is 8.57. The fraction of sp³-hybridized carbons (Fsp3) is 0.263. The molecule has 5 rings (SSSR count). The number of para-hydroxylation sites is 1. The molecule has 1 N–H and O–H groups in total. The Balaban J connectivity index is 1.49.